The highest BCUT2D eigenvalue weighted by Gasteiger charge is 2.46. The molecule has 1 rings (SSSR count). The van der Waals surface area contributed by atoms with Gasteiger partial charge in [-0.1, -0.05) is 0 Å². The first-order valence-corrected chi connectivity index (χ1v) is 7.07. The van der Waals surface area contributed by atoms with Crippen molar-refractivity contribution in [2.45, 2.75) is 13.8 Å². The number of hydrogen-bond donors (Lipinski definition) is 0. The van der Waals surface area contributed by atoms with Crippen LogP contribution in [0, 0.1) is 0 Å². The van der Waals surface area contributed by atoms with Crippen LogP contribution in [0.4, 0.5) is 0 Å². The van der Waals surface area contributed by atoms with E-state index in [9.17, 15) is 4.89 Å². The van der Waals surface area contributed by atoms with Gasteiger partial charge in [0.1, 0.15) is 6.61 Å². The molecule has 14 heavy (non-hydrogen) atoms. The van der Waals surface area contributed by atoms with Crippen molar-refractivity contribution >= 4 is 19.6 Å². The number of alkyl halides is 1. The van der Waals surface area contributed by atoms with Gasteiger partial charge in [0.2, 0.25) is 0 Å². The van der Waals surface area contributed by atoms with E-state index in [0.717, 1.165) is 19.6 Å². The molecule has 6 heteroatoms. The highest BCUT2D eigenvalue weighted by atomic mass is 35.5. The van der Waals surface area contributed by atoms with Gasteiger partial charge in [0.25, 0.3) is 8.02 Å². The van der Waals surface area contributed by atoms with Crippen LogP contribution in [-0.2, 0) is 4.52 Å². The fraction of sp³-hybridized carbons (Fsp3) is 1.00. The van der Waals surface area contributed by atoms with Gasteiger partial charge in [0, 0.05) is 19.0 Å². The van der Waals surface area contributed by atoms with E-state index in [1.165, 1.54) is 0 Å². The molecular weight excluding hydrogens is 223 g/mol. The van der Waals surface area contributed by atoms with E-state index in [0.29, 0.717) is 19.0 Å². The van der Waals surface area contributed by atoms with Crippen LogP contribution in [0.25, 0.3) is 0 Å². The first kappa shape index (κ1) is 12.6. The van der Waals surface area contributed by atoms with Crippen molar-refractivity contribution in [3.05, 3.63) is 0 Å². The zero-order chi connectivity index (χ0) is 10.6. The predicted octanol–water partition coefficient (Wildman–Crippen LogP) is 0.937. The van der Waals surface area contributed by atoms with Crippen molar-refractivity contribution in [1.29, 1.82) is 0 Å². The van der Waals surface area contributed by atoms with Gasteiger partial charge >= 0.3 is 0 Å². The molecule has 1 saturated heterocycles. The lowest BCUT2D eigenvalue weighted by atomic mass is 10.6. The second-order valence-corrected chi connectivity index (χ2v) is 5.85. The molecule has 0 aromatic carbocycles. The van der Waals surface area contributed by atoms with Crippen LogP contribution < -0.4 is 4.89 Å². The molecule has 4 nitrogen and oxygen atoms in total. The summed E-state index contributed by atoms with van der Waals surface area (Å²) in [5.41, 5.74) is 0. The average Bonchev–Trinajstić information content (AvgIpc) is 2.52. The number of rotatable bonds is 5. The largest absolute Gasteiger partial charge is 0.626 e. The molecule has 1 fully saturated rings. The van der Waals surface area contributed by atoms with Crippen LogP contribution in [0.3, 0.4) is 0 Å². The van der Waals surface area contributed by atoms with Gasteiger partial charge in [0.15, 0.2) is 0 Å². The second kappa shape index (κ2) is 5.59. The fourth-order valence-electron chi connectivity index (χ4n) is 1.65. The van der Waals surface area contributed by atoms with Gasteiger partial charge in [-0.2, -0.15) is 0 Å². The third-order valence-corrected chi connectivity index (χ3v) is 5.48. The van der Waals surface area contributed by atoms with Gasteiger partial charge in [-0.25, -0.2) is 4.52 Å². The molecule has 84 valence electrons. The highest BCUT2D eigenvalue weighted by molar-refractivity contribution is 7.59. The topological polar surface area (TPSA) is 38.8 Å². The predicted molar refractivity (Wildman–Crippen MR) is 58.1 cm³/mol. The minimum atomic E-state index is -2.72. The molecule has 0 bridgehead atoms. The van der Waals surface area contributed by atoms with Gasteiger partial charge < -0.3 is 4.89 Å². The average molecular weight is 241 g/mol. The molecule has 0 saturated carbocycles. The fourth-order valence-corrected chi connectivity index (χ4v) is 4.38. The lowest BCUT2D eigenvalue weighted by Gasteiger charge is -2.37. The molecule has 1 aliphatic heterocycles. The van der Waals surface area contributed by atoms with Crippen LogP contribution in [0.1, 0.15) is 13.8 Å². The summed E-state index contributed by atoms with van der Waals surface area (Å²) in [7, 11) is -2.72. The maximum atomic E-state index is 12.5. The third-order valence-electron chi connectivity index (χ3n) is 2.40. The summed E-state index contributed by atoms with van der Waals surface area (Å²) in [6, 6.07) is 0. The smallest absolute Gasteiger partial charge is 0.252 e. The Morgan fingerprint density at radius 2 is 2.14 bits per heavy atom. The van der Waals surface area contributed by atoms with E-state index in [4.69, 9.17) is 16.1 Å². The zero-order valence-electron chi connectivity index (χ0n) is 8.78. The molecule has 0 aromatic heterocycles. The molecule has 1 aliphatic rings. The van der Waals surface area contributed by atoms with E-state index in [1.54, 1.807) is 0 Å². The maximum Gasteiger partial charge on any atom is 0.252 e. The van der Waals surface area contributed by atoms with Crippen LogP contribution in [0.5, 0.6) is 0 Å². The molecule has 0 amide bonds. The van der Waals surface area contributed by atoms with Crippen LogP contribution in [-0.4, -0.2) is 48.0 Å². The van der Waals surface area contributed by atoms with Crippen molar-refractivity contribution in [3.8, 4) is 0 Å². The molecule has 1 heterocycles. The Morgan fingerprint density at radius 1 is 1.50 bits per heavy atom. The molecule has 0 radical (unpaired) electrons. The van der Waals surface area contributed by atoms with Gasteiger partial charge in [-0.05, 0) is 13.8 Å². The van der Waals surface area contributed by atoms with E-state index in [-0.39, 0.29) is 0 Å². The van der Waals surface area contributed by atoms with Crippen molar-refractivity contribution < 1.29 is 9.42 Å². The first-order valence-electron chi connectivity index (χ1n) is 5.00. The Balaban J connectivity index is 2.68. The van der Waals surface area contributed by atoms with Crippen molar-refractivity contribution in [2.24, 2.45) is 0 Å². The Bertz CT molecular complexity index is 183. The Kier molecular flexibility index (Phi) is 5.04. The van der Waals surface area contributed by atoms with Crippen molar-refractivity contribution in [2.75, 3.05) is 38.7 Å². The monoisotopic (exact) mass is 240 g/mol. The highest BCUT2D eigenvalue weighted by Crippen LogP contribution is 2.60. The standard InChI is InChI=1S/C8H18ClN2O2P/c1-3-10(4-2)14(12)11(6-5-9)7-8-13-14/h3-8H2,1-2H3. The Labute approximate surface area is 91.4 Å². The summed E-state index contributed by atoms with van der Waals surface area (Å²) in [6.07, 6.45) is 0. The molecule has 0 N–H and O–H groups in total. The SMILES string of the molecule is CCN(CC)[P+]1([O-])OCCN1CCCl. The molecular formula is C8H18ClN2O2P. The van der Waals surface area contributed by atoms with E-state index < -0.39 is 8.02 Å². The molecule has 0 aromatic rings. The van der Waals surface area contributed by atoms with E-state index in [2.05, 4.69) is 0 Å². The number of halogens is 1. The third kappa shape index (κ3) is 2.38. The van der Waals surface area contributed by atoms with Gasteiger partial charge in [-0.15, -0.1) is 20.9 Å². The van der Waals surface area contributed by atoms with Crippen LogP contribution in [0.2, 0.25) is 0 Å². The summed E-state index contributed by atoms with van der Waals surface area (Å²) in [6.45, 7) is 7.37. The maximum absolute atomic E-state index is 12.5. The normalized spacial score (nSPS) is 28.9. The van der Waals surface area contributed by atoms with Crippen molar-refractivity contribution in [3.63, 3.8) is 0 Å². The Hall–Kier alpha value is 0.560. The quantitative estimate of drug-likeness (QED) is 0.530. The van der Waals surface area contributed by atoms with Crippen LogP contribution in [0.15, 0.2) is 0 Å². The summed E-state index contributed by atoms with van der Waals surface area (Å²) in [4.78, 5) is 12.5. The minimum absolute atomic E-state index is 0.495. The van der Waals surface area contributed by atoms with E-state index >= 15 is 0 Å². The number of hydrogen-bond acceptors (Lipinski definition) is 4. The molecule has 0 aliphatic carbocycles. The van der Waals surface area contributed by atoms with Gasteiger partial charge in [0.05, 0.1) is 13.1 Å². The van der Waals surface area contributed by atoms with E-state index in [1.807, 2.05) is 23.2 Å². The van der Waals surface area contributed by atoms with Gasteiger partial charge in [-0.3, -0.25) is 0 Å². The lowest BCUT2D eigenvalue weighted by Crippen LogP contribution is -2.40. The summed E-state index contributed by atoms with van der Waals surface area (Å²) >= 11 is 5.66. The van der Waals surface area contributed by atoms with Crippen molar-refractivity contribution in [1.82, 2.24) is 9.34 Å². The summed E-state index contributed by atoms with van der Waals surface area (Å²) in [5, 5.41) is 0. The van der Waals surface area contributed by atoms with Crippen LogP contribution >= 0.6 is 19.6 Å². The minimum Gasteiger partial charge on any atom is -0.626 e. The molecule has 1 atom stereocenters. The summed E-state index contributed by atoms with van der Waals surface area (Å²) in [5.74, 6) is 0.495. The second-order valence-electron chi connectivity index (χ2n) is 3.11. The Morgan fingerprint density at radius 3 is 2.64 bits per heavy atom. The summed E-state index contributed by atoms with van der Waals surface area (Å²) < 4.78 is 9.15. The number of nitrogens with zero attached hydrogens (tertiary/aromatic N) is 2. The first-order chi connectivity index (χ1) is 6.69. The molecule has 1 unspecified atom stereocenters. The molecule has 0 spiro atoms. The zero-order valence-corrected chi connectivity index (χ0v) is 10.4. The lowest BCUT2D eigenvalue weighted by molar-refractivity contribution is -0.213.